The van der Waals surface area contributed by atoms with Crippen molar-refractivity contribution in [3.05, 3.63) is 36.2 Å². The minimum atomic E-state index is -0.445. The second kappa shape index (κ2) is 5.62. The Labute approximate surface area is 84.0 Å². The first kappa shape index (κ1) is 11.0. The Morgan fingerprint density at radius 2 is 2.00 bits per heavy atom. The molecule has 0 aromatic heterocycles. The molecule has 0 heterocycles. The molecule has 0 amide bonds. The number of benzene rings is 1. The second-order valence-corrected chi connectivity index (χ2v) is 3.05. The molecule has 2 N–H and O–H groups in total. The molecule has 0 saturated heterocycles. The van der Waals surface area contributed by atoms with Crippen LogP contribution in [0.5, 0.6) is 5.75 Å². The number of hydrogen-bond donors (Lipinski definition) is 2. The van der Waals surface area contributed by atoms with E-state index in [4.69, 9.17) is 14.9 Å². The third-order valence-corrected chi connectivity index (χ3v) is 1.67. The Morgan fingerprint density at radius 1 is 1.36 bits per heavy atom. The Balaban J connectivity index is 2.50. The molecule has 1 atom stereocenters. The molecule has 0 aliphatic rings. The number of rotatable bonds is 5. The van der Waals surface area contributed by atoms with Crippen LogP contribution in [-0.2, 0) is 0 Å². The number of aliphatic hydroxyl groups excluding tert-OH is 2. The molecule has 1 rings (SSSR count). The maximum atomic E-state index is 9.10. The van der Waals surface area contributed by atoms with Crippen LogP contribution in [-0.4, -0.2) is 29.5 Å². The first-order chi connectivity index (χ1) is 6.72. The van der Waals surface area contributed by atoms with Crippen LogP contribution in [0.1, 0.15) is 12.5 Å². The highest BCUT2D eigenvalue weighted by molar-refractivity contribution is 5.31. The minimum Gasteiger partial charge on any atom is -0.491 e. The molecule has 0 spiro atoms. The molecule has 3 nitrogen and oxygen atoms in total. The maximum absolute atomic E-state index is 9.10. The summed E-state index contributed by atoms with van der Waals surface area (Å²) in [5.41, 5.74) is 0.955. The molecule has 1 aromatic rings. The van der Waals surface area contributed by atoms with Crippen LogP contribution in [0.3, 0.4) is 0 Å². The molecular formula is C11H15O3. The predicted molar refractivity (Wildman–Crippen MR) is 54.1 cm³/mol. The van der Waals surface area contributed by atoms with Crippen LogP contribution in [0.4, 0.5) is 0 Å². The van der Waals surface area contributed by atoms with Crippen molar-refractivity contribution in [3.63, 3.8) is 0 Å². The van der Waals surface area contributed by atoms with Gasteiger partial charge in [0.05, 0.1) is 12.7 Å². The molecule has 0 aliphatic carbocycles. The van der Waals surface area contributed by atoms with Gasteiger partial charge in [0.25, 0.3) is 0 Å². The topological polar surface area (TPSA) is 49.7 Å². The van der Waals surface area contributed by atoms with Crippen LogP contribution >= 0.6 is 0 Å². The quantitative estimate of drug-likeness (QED) is 0.736. The summed E-state index contributed by atoms with van der Waals surface area (Å²) >= 11 is 0. The van der Waals surface area contributed by atoms with Crippen LogP contribution in [0.2, 0.25) is 0 Å². The number of ether oxygens (including phenoxy) is 1. The highest BCUT2D eigenvalue weighted by atomic mass is 16.5. The van der Waals surface area contributed by atoms with Gasteiger partial charge in [0, 0.05) is 6.42 Å². The fourth-order valence-electron chi connectivity index (χ4n) is 1.12. The highest BCUT2D eigenvalue weighted by Gasteiger charge is 1.99. The van der Waals surface area contributed by atoms with Crippen molar-refractivity contribution < 1.29 is 14.9 Å². The Kier molecular flexibility index (Phi) is 4.43. The lowest BCUT2D eigenvalue weighted by atomic mass is 10.1. The van der Waals surface area contributed by atoms with E-state index in [0.717, 1.165) is 11.3 Å². The molecule has 0 aliphatic heterocycles. The van der Waals surface area contributed by atoms with E-state index in [0.29, 0.717) is 6.61 Å². The van der Waals surface area contributed by atoms with E-state index in [-0.39, 0.29) is 6.61 Å². The van der Waals surface area contributed by atoms with Gasteiger partial charge in [-0.05, 0) is 24.6 Å². The largest absolute Gasteiger partial charge is 0.491 e. The van der Waals surface area contributed by atoms with Crippen molar-refractivity contribution in [2.45, 2.75) is 13.0 Å². The first-order valence-corrected chi connectivity index (χ1v) is 4.59. The lowest BCUT2D eigenvalue weighted by Gasteiger charge is -2.06. The average Bonchev–Trinajstić information content (AvgIpc) is 2.16. The van der Waals surface area contributed by atoms with Crippen molar-refractivity contribution in [1.82, 2.24) is 0 Å². The van der Waals surface area contributed by atoms with Gasteiger partial charge in [-0.1, -0.05) is 12.1 Å². The molecule has 3 heteroatoms. The third-order valence-electron chi connectivity index (χ3n) is 1.67. The van der Waals surface area contributed by atoms with E-state index < -0.39 is 6.10 Å². The fraction of sp³-hybridized carbons (Fsp3) is 0.364. The normalized spacial score (nSPS) is 12.5. The molecule has 0 bridgehead atoms. The van der Waals surface area contributed by atoms with Crippen LogP contribution in [0.15, 0.2) is 24.3 Å². The minimum absolute atomic E-state index is 0.0154. The van der Waals surface area contributed by atoms with Crippen molar-refractivity contribution in [2.24, 2.45) is 0 Å². The monoisotopic (exact) mass is 195 g/mol. The molecule has 0 fully saturated rings. The molecular weight excluding hydrogens is 180 g/mol. The standard InChI is InChI=1S/C11H15O3/c1-9(13)8-10-2-4-11(5-3-10)14-7-6-12/h2-5,8-9,12-13H,6-7H2,1H3. The first-order valence-electron chi connectivity index (χ1n) is 4.59. The molecule has 77 valence electrons. The zero-order valence-corrected chi connectivity index (χ0v) is 8.18. The summed E-state index contributed by atoms with van der Waals surface area (Å²) in [7, 11) is 0. The molecule has 1 aromatic carbocycles. The van der Waals surface area contributed by atoms with Gasteiger partial charge in [-0.3, -0.25) is 0 Å². The summed E-state index contributed by atoms with van der Waals surface area (Å²) in [4.78, 5) is 0. The lowest BCUT2D eigenvalue weighted by molar-refractivity contribution is 0.201. The SMILES string of the molecule is CC(O)[CH]c1ccc(OCCO)cc1. The third kappa shape index (κ3) is 3.77. The number of hydrogen-bond acceptors (Lipinski definition) is 3. The molecule has 14 heavy (non-hydrogen) atoms. The summed E-state index contributed by atoms with van der Waals surface area (Å²) in [6.45, 7) is 2.02. The number of aliphatic hydroxyl groups is 2. The van der Waals surface area contributed by atoms with Gasteiger partial charge in [-0.15, -0.1) is 0 Å². The van der Waals surface area contributed by atoms with E-state index in [1.807, 2.05) is 24.3 Å². The van der Waals surface area contributed by atoms with E-state index in [1.165, 1.54) is 0 Å². The van der Waals surface area contributed by atoms with Gasteiger partial charge in [0.15, 0.2) is 0 Å². The average molecular weight is 195 g/mol. The van der Waals surface area contributed by atoms with Crippen molar-refractivity contribution in [3.8, 4) is 5.75 Å². The maximum Gasteiger partial charge on any atom is 0.119 e. The summed E-state index contributed by atoms with van der Waals surface area (Å²) in [5.74, 6) is 0.724. The smallest absolute Gasteiger partial charge is 0.119 e. The Bertz CT molecular complexity index is 254. The lowest BCUT2D eigenvalue weighted by Crippen LogP contribution is -2.03. The van der Waals surface area contributed by atoms with Gasteiger partial charge in [-0.25, -0.2) is 0 Å². The summed E-state index contributed by atoms with van der Waals surface area (Å²) in [6, 6.07) is 7.34. The van der Waals surface area contributed by atoms with Crippen molar-refractivity contribution in [1.29, 1.82) is 0 Å². The second-order valence-electron chi connectivity index (χ2n) is 3.05. The van der Waals surface area contributed by atoms with E-state index >= 15 is 0 Å². The zero-order chi connectivity index (χ0) is 10.4. The van der Waals surface area contributed by atoms with Gasteiger partial charge < -0.3 is 14.9 Å². The Hall–Kier alpha value is -1.06. The van der Waals surface area contributed by atoms with Crippen LogP contribution in [0.25, 0.3) is 0 Å². The zero-order valence-electron chi connectivity index (χ0n) is 8.18. The molecule has 1 unspecified atom stereocenters. The van der Waals surface area contributed by atoms with Gasteiger partial charge in [0.1, 0.15) is 12.4 Å². The summed E-state index contributed by atoms with van der Waals surface area (Å²) in [6.07, 6.45) is 1.30. The predicted octanol–water partition coefficient (Wildman–Crippen LogP) is 0.991. The van der Waals surface area contributed by atoms with Gasteiger partial charge in [0.2, 0.25) is 0 Å². The Morgan fingerprint density at radius 3 is 2.50 bits per heavy atom. The van der Waals surface area contributed by atoms with Crippen LogP contribution < -0.4 is 4.74 Å². The van der Waals surface area contributed by atoms with Crippen molar-refractivity contribution >= 4 is 0 Å². The van der Waals surface area contributed by atoms with E-state index in [2.05, 4.69) is 0 Å². The van der Waals surface area contributed by atoms with Gasteiger partial charge >= 0.3 is 0 Å². The van der Waals surface area contributed by atoms with Crippen molar-refractivity contribution in [2.75, 3.05) is 13.2 Å². The highest BCUT2D eigenvalue weighted by Crippen LogP contribution is 2.14. The molecule has 1 radical (unpaired) electrons. The summed E-state index contributed by atoms with van der Waals surface area (Å²) < 4.78 is 5.19. The summed E-state index contributed by atoms with van der Waals surface area (Å²) in [5, 5.41) is 17.6. The molecule has 0 saturated carbocycles. The van der Waals surface area contributed by atoms with E-state index in [1.54, 1.807) is 13.3 Å². The fourth-order valence-corrected chi connectivity index (χ4v) is 1.12. The van der Waals surface area contributed by atoms with E-state index in [9.17, 15) is 0 Å². The van der Waals surface area contributed by atoms with Crippen LogP contribution in [0, 0.1) is 6.42 Å². The van der Waals surface area contributed by atoms with Gasteiger partial charge in [-0.2, -0.15) is 0 Å².